The number of nitriles is 1. The summed E-state index contributed by atoms with van der Waals surface area (Å²) in [5.41, 5.74) is 5.89. The van der Waals surface area contributed by atoms with Gasteiger partial charge in [0.05, 0.1) is 6.20 Å². The van der Waals surface area contributed by atoms with Gasteiger partial charge in [-0.05, 0) is 6.42 Å². The highest BCUT2D eigenvalue weighted by atomic mass is 32.2. The lowest BCUT2D eigenvalue weighted by atomic mass is 10.3. The van der Waals surface area contributed by atoms with Crippen LogP contribution < -0.4 is 5.73 Å². The molecule has 0 amide bonds. The topological polar surface area (TPSA) is 75.6 Å². The van der Waals surface area contributed by atoms with E-state index in [0.717, 1.165) is 6.42 Å². The van der Waals surface area contributed by atoms with E-state index >= 15 is 0 Å². The molecule has 0 bridgehead atoms. The van der Waals surface area contributed by atoms with Crippen LogP contribution in [0.15, 0.2) is 11.4 Å². The first-order chi connectivity index (χ1) is 6.67. The highest BCUT2D eigenvalue weighted by Gasteiger charge is 2.07. The molecule has 4 nitrogen and oxygen atoms in total. The Balaban J connectivity index is 2.82. The SMILES string of the molecule is CC[C@@H](C)Sc1ncc(C#N)c(N)n1. The third kappa shape index (κ3) is 2.60. The Kier molecular flexibility index (Phi) is 3.72. The van der Waals surface area contributed by atoms with E-state index in [1.165, 1.54) is 6.20 Å². The molecule has 1 atom stereocenters. The second-order valence-electron chi connectivity index (χ2n) is 2.90. The van der Waals surface area contributed by atoms with Crippen LogP contribution >= 0.6 is 11.8 Å². The molecular formula is C9H12N4S. The van der Waals surface area contributed by atoms with Gasteiger partial charge in [-0.15, -0.1) is 0 Å². The maximum Gasteiger partial charge on any atom is 0.189 e. The number of thioether (sulfide) groups is 1. The van der Waals surface area contributed by atoms with E-state index in [1.807, 2.05) is 6.07 Å². The van der Waals surface area contributed by atoms with Gasteiger partial charge in [-0.3, -0.25) is 0 Å². The molecule has 5 heteroatoms. The fourth-order valence-corrected chi connectivity index (χ4v) is 1.58. The molecule has 0 fully saturated rings. The average molecular weight is 208 g/mol. The number of rotatable bonds is 3. The van der Waals surface area contributed by atoms with Gasteiger partial charge in [0.2, 0.25) is 0 Å². The van der Waals surface area contributed by atoms with E-state index in [9.17, 15) is 0 Å². The van der Waals surface area contributed by atoms with Crippen LogP contribution in [0.2, 0.25) is 0 Å². The molecule has 0 radical (unpaired) electrons. The lowest BCUT2D eigenvalue weighted by Gasteiger charge is -2.06. The average Bonchev–Trinajstić information content (AvgIpc) is 2.18. The van der Waals surface area contributed by atoms with Crippen molar-refractivity contribution in [3.05, 3.63) is 11.8 Å². The summed E-state index contributed by atoms with van der Waals surface area (Å²) in [5.74, 6) is 0.258. The fraction of sp³-hybridized carbons (Fsp3) is 0.444. The summed E-state index contributed by atoms with van der Waals surface area (Å²) in [6, 6.07) is 1.93. The molecular weight excluding hydrogens is 196 g/mol. The van der Waals surface area contributed by atoms with Gasteiger partial charge in [0.1, 0.15) is 17.5 Å². The monoisotopic (exact) mass is 208 g/mol. The Bertz CT molecular complexity index is 358. The summed E-state index contributed by atoms with van der Waals surface area (Å²) in [4.78, 5) is 8.09. The first-order valence-corrected chi connectivity index (χ1v) is 5.24. The van der Waals surface area contributed by atoms with Crippen LogP contribution in [0.1, 0.15) is 25.8 Å². The summed E-state index contributed by atoms with van der Waals surface area (Å²) < 4.78 is 0. The molecule has 0 unspecified atom stereocenters. The largest absolute Gasteiger partial charge is 0.382 e. The van der Waals surface area contributed by atoms with Crippen molar-refractivity contribution in [2.24, 2.45) is 0 Å². The maximum absolute atomic E-state index is 8.62. The van der Waals surface area contributed by atoms with Crippen molar-refractivity contribution < 1.29 is 0 Å². The molecule has 0 aliphatic carbocycles. The number of aromatic nitrogens is 2. The predicted octanol–water partition coefficient (Wildman–Crippen LogP) is 1.82. The van der Waals surface area contributed by atoms with Crippen LogP contribution in [0.25, 0.3) is 0 Å². The van der Waals surface area contributed by atoms with Crippen LogP contribution in [0.4, 0.5) is 5.82 Å². The summed E-state index contributed by atoms with van der Waals surface area (Å²) in [6.45, 7) is 4.20. The zero-order chi connectivity index (χ0) is 10.6. The van der Waals surface area contributed by atoms with Crippen molar-refractivity contribution >= 4 is 17.6 Å². The van der Waals surface area contributed by atoms with Crippen LogP contribution in [-0.2, 0) is 0 Å². The van der Waals surface area contributed by atoms with Gasteiger partial charge >= 0.3 is 0 Å². The molecule has 1 rings (SSSR count). The van der Waals surface area contributed by atoms with E-state index in [2.05, 4.69) is 23.8 Å². The lowest BCUT2D eigenvalue weighted by Crippen LogP contribution is -2.01. The van der Waals surface area contributed by atoms with Gasteiger partial charge < -0.3 is 5.73 Å². The van der Waals surface area contributed by atoms with Gasteiger partial charge in [0, 0.05) is 5.25 Å². The molecule has 0 aliphatic rings. The minimum atomic E-state index is 0.258. The fourth-order valence-electron chi connectivity index (χ4n) is 0.784. The molecule has 2 N–H and O–H groups in total. The second kappa shape index (κ2) is 4.82. The van der Waals surface area contributed by atoms with Crippen molar-refractivity contribution in [1.29, 1.82) is 5.26 Å². The van der Waals surface area contributed by atoms with Crippen LogP contribution in [-0.4, -0.2) is 15.2 Å². The minimum absolute atomic E-state index is 0.258. The van der Waals surface area contributed by atoms with Gasteiger partial charge in [0.25, 0.3) is 0 Å². The van der Waals surface area contributed by atoms with Crippen molar-refractivity contribution in [3.8, 4) is 6.07 Å². The summed E-state index contributed by atoms with van der Waals surface area (Å²) in [7, 11) is 0. The lowest BCUT2D eigenvalue weighted by molar-refractivity contribution is 0.885. The Morgan fingerprint density at radius 1 is 1.71 bits per heavy atom. The molecule has 74 valence electrons. The molecule has 0 aromatic carbocycles. The molecule has 0 aliphatic heterocycles. The molecule has 1 aromatic rings. The van der Waals surface area contributed by atoms with Crippen LogP contribution in [0, 0.1) is 11.3 Å². The standard InChI is InChI=1S/C9H12N4S/c1-3-6(2)14-9-12-5-7(4-10)8(11)13-9/h5-6H,3H2,1-2H3,(H2,11,12,13)/t6-/m1/s1. The first-order valence-electron chi connectivity index (χ1n) is 4.36. The molecule has 0 spiro atoms. The van der Waals surface area contributed by atoms with Gasteiger partial charge in [-0.25, -0.2) is 9.97 Å². The van der Waals surface area contributed by atoms with E-state index in [-0.39, 0.29) is 5.82 Å². The molecule has 1 aromatic heterocycles. The predicted molar refractivity (Wildman–Crippen MR) is 56.8 cm³/mol. The minimum Gasteiger partial charge on any atom is -0.382 e. The number of nitrogen functional groups attached to an aromatic ring is 1. The molecule has 0 saturated carbocycles. The van der Waals surface area contributed by atoms with Crippen molar-refractivity contribution in [2.45, 2.75) is 30.7 Å². The van der Waals surface area contributed by atoms with E-state index < -0.39 is 0 Å². The first kappa shape index (κ1) is 10.8. The van der Waals surface area contributed by atoms with E-state index in [4.69, 9.17) is 11.0 Å². The number of anilines is 1. The number of hydrogen-bond acceptors (Lipinski definition) is 5. The van der Waals surface area contributed by atoms with E-state index in [0.29, 0.717) is 16.0 Å². The smallest absolute Gasteiger partial charge is 0.189 e. The zero-order valence-electron chi connectivity index (χ0n) is 8.19. The van der Waals surface area contributed by atoms with Crippen molar-refractivity contribution in [1.82, 2.24) is 9.97 Å². The highest BCUT2D eigenvalue weighted by Crippen LogP contribution is 2.22. The third-order valence-corrected chi connectivity index (χ3v) is 2.94. The highest BCUT2D eigenvalue weighted by molar-refractivity contribution is 7.99. The third-order valence-electron chi connectivity index (χ3n) is 1.80. The molecule has 1 heterocycles. The summed E-state index contributed by atoms with van der Waals surface area (Å²) in [6.07, 6.45) is 2.51. The van der Waals surface area contributed by atoms with Crippen LogP contribution in [0.5, 0.6) is 0 Å². The van der Waals surface area contributed by atoms with Gasteiger partial charge in [-0.1, -0.05) is 25.6 Å². The number of nitrogens with zero attached hydrogens (tertiary/aromatic N) is 3. The second-order valence-corrected chi connectivity index (χ2v) is 4.31. The zero-order valence-corrected chi connectivity index (χ0v) is 9.01. The Morgan fingerprint density at radius 2 is 2.43 bits per heavy atom. The van der Waals surface area contributed by atoms with Crippen molar-refractivity contribution in [2.75, 3.05) is 5.73 Å². The van der Waals surface area contributed by atoms with Crippen molar-refractivity contribution in [3.63, 3.8) is 0 Å². The van der Waals surface area contributed by atoms with Gasteiger partial charge in [0.15, 0.2) is 5.16 Å². The number of nitrogens with two attached hydrogens (primary N) is 1. The molecule has 14 heavy (non-hydrogen) atoms. The molecule has 0 saturated heterocycles. The Morgan fingerprint density at radius 3 is 2.93 bits per heavy atom. The summed E-state index contributed by atoms with van der Waals surface area (Å²) in [5, 5.41) is 9.72. The van der Waals surface area contributed by atoms with Gasteiger partial charge in [-0.2, -0.15) is 5.26 Å². The normalized spacial score (nSPS) is 12.1. The Hall–Kier alpha value is -1.28. The van der Waals surface area contributed by atoms with Crippen LogP contribution in [0.3, 0.4) is 0 Å². The van der Waals surface area contributed by atoms with E-state index in [1.54, 1.807) is 11.8 Å². The quantitative estimate of drug-likeness (QED) is 0.605. The Labute approximate surface area is 87.6 Å². The summed E-state index contributed by atoms with van der Waals surface area (Å²) >= 11 is 1.57. The maximum atomic E-state index is 8.62. The number of hydrogen-bond donors (Lipinski definition) is 1.